The predicted octanol–water partition coefficient (Wildman–Crippen LogP) is 3.96. The molecule has 7 nitrogen and oxygen atoms in total. The van der Waals surface area contributed by atoms with E-state index in [4.69, 9.17) is 9.47 Å². The first-order valence-corrected chi connectivity index (χ1v) is 9.99. The summed E-state index contributed by atoms with van der Waals surface area (Å²) < 4.78 is 13.1. The molecule has 1 atom stereocenters. The van der Waals surface area contributed by atoms with Crippen LogP contribution in [0.15, 0.2) is 30.5 Å². The average Bonchev–Trinajstić information content (AvgIpc) is 3.08. The first-order valence-electron chi connectivity index (χ1n) is 9.99. The van der Waals surface area contributed by atoms with Crippen molar-refractivity contribution in [3.05, 3.63) is 30.5 Å². The number of aryl methyl sites for hydroxylation is 1. The van der Waals surface area contributed by atoms with Crippen LogP contribution in [0.25, 0.3) is 11.3 Å². The van der Waals surface area contributed by atoms with Gasteiger partial charge in [0.1, 0.15) is 5.75 Å². The molecule has 0 bridgehead atoms. The summed E-state index contributed by atoms with van der Waals surface area (Å²) in [5.41, 5.74) is 2.47. The number of benzene rings is 1. The molecule has 1 aromatic carbocycles. The highest BCUT2D eigenvalue weighted by atomic mass is 16.6. The lowest BCUT2D eigenvalue weighted by Crippen LogP contribution is -2.35. The number of piperidine rings is 1. The van der Waals surface area contributed by atoms with Gasteiger partial charge >= 0.3 is 6.09 Å². The zero-order valence-corrected chi connectivity index (χ0v) is 16.9. The summed E-state index contributed by atoms with van der Waals surface area (Å²) in [7, 11) is 1.89. The van der Waals surface area contributed by atoms with E-state index in [-0.39, 0.29) is 6.10 Å². The fraction of sp³-hybridized carbons (Fsp3) is 0.524. The van der Waals surface area contributed by atoms with Crippen molar-refractivity contribution < 1.29 is 14.3 Å². The van der Waals surface area contributed by atoms with Gasteiger partial charge in [-0.15, -0.1) is 0 Å². The van der Waals surface area contributed by atoms with Crippen LogP contribution in [-0.2, 0) is 11.8 Å². The van der Waals surface area contributed by atoms with Gasteiger partial charge in [0.05, 0.1) is 18.4 Å². The van der Waals surface area contributed by atoms with Gasteiger partial charge in [0.15, 0.2) is 0 Å². The van der Waals surface area contributed by atoms with Gasteiger partial charge in [-0.05, 0) is 63.9 Å². The molecule has 0 aliphatic carbocycles. The van der Waals surface area contributed by atoms with Crippen molar-refractivity contribution in [3.63, 3.8) is 0 Å². The van der Waals surface area contributed by atoms with Crippen LogP contribution in [0, 0.1) is 0 Å². The van der Waals surface area contributed by atoms with Crippen LogP contribution in [0.1, 0.15) is 39.5 Å². The minimum Gasteiger partial charge on any atom is -0.493 e. The van der Waals surface area contributed by atoms with E-state index < -0.39 is 6.09 Å². The fourth-order valence-electron chi connectivity index (χ4n) is 3.41. The summed E-state index contributed by atoms with van der Waals surface area (Å²) in [4.78, 5) is 11.9. The molecule has 2 N–H and O–H groups in total. The van der Waals surface area contributed by atoms with Crippen molar-refractivity contribution in [2.45, 2.75) is 51.7 Å². The van der Waals surface area contributed by atoms with Crippen LogP contribution in [0.4, 0.5) is 10.5 Å². The van der Waals surface area contributed by atoms with Crippen LogP contribution in [0.3, 0.4) is 0 Å². The summed E-state index contributed by atoms with van der Waals surface area (Å²) in [6.07, 6.45) is 5.83. The van der Waals surface area contributed by atoms with Gasteiger partial charge in [-0.3, -0.25) is 10.00 Å². The molecule has 1 amide bonds. The number of nitrogens with zero attached hydrogens (tertiary/aromatic N) is 2. The summed E-state index contributed by atoms with van der Waals surface area (Å²) >= 11 is 0. The number of rotatable bonds is 7. The number of hydrogen-bond acceptors (Lipinski definition) is 5. The molecule has 1 fully saturated rings. The molecule has 7 heteroatoms. The van der Waals surface area contributed by atoms with E-state index in [9.17, 15) is 4.79 Å². The lowest BCUT2D eigenvalue weighted by Gasteiger charge is -2.23. The highest BCUT2D eigenvalue weighted by Crippen LogP contribution is 2.32. The van der Waals surface area contributed by atoms with Gasteiger partial charge in [0, 0.05) is 30.5 Å². The number of ether oxygens (including phenoxy) is 2. The van der Waals surface area contributed by atoms with Gasteiger partial charge in [0.25, 0.3) is 0 Å². The fourth-order valence-corrected chi connectivity index (χ4v) is 3.41. The van der Waals surface area contributed by atoms with E-state index in [1.165, 1.54) is 19.3 Å². The van der Waals surface area contributed by atoms with Gasteiger partial charge in [-0.25, -0.2) is 4.79 Å². The van der Waals surface area contributed by atoms with Crippen LogP contribution in [0.5, 0.6) is 5.75 Å². The van der Waals surface area contributed by atoms with E-state index >= 15 is 0 Å². The van der Waals surface area contributed by atoms with Crippen LogP contribution >= 0.6 is 0 Å². The molecule has 2 aromatic rings. The first-order chi connectivity index (χ1) is 13.5. The summed E-state index contributed by atoms with van der Waals surface area (Å²) in [5.74, 6) is 0.780. The second-order valence-electron chi connectivity index (χ2n) is 7.41. The van der Waals surface area contributed by atoms with E-state index in [1.807, 2.05) is 45.2 Å². The Bertz CT molecular complexity index is 782. The van der Waals surface area contributed by atoms with Gasteiger partial charge in [0.2, 0.25) is 0 Å². The maximum absolute atomic E-state index is 11.9. The Kier molecular flexibility index (Phi) is 6.92. The molecule has 152 valence electrons. The Labute approximate surface area is 166 Å². The van der Waals surface area contributed by atoms with E-state index in [1.54, 1.807) is 10.9 Å². The van der Waals surface area contributed by atoms with Crippen molar-refractivity contribution in [3.8, 4) is 17.0 Å². The number of anilines is 1. The summed E-state index contributed by atoms with van der Waals surface area (Å²) in [5, 5.41) is 10.6. The highest BCUT2D eigenvalue weighted by molar-refractivity contribution is 5.86. The first kappa shape index (κ1) is 20.2. The number of carbonyl (C=O) groups excluding carboxylic acids is 1. The minimum absolute atomic E-state index is 0.174. The van der Waals surface area contributed by atoms with Crippen molar-refractivity contribution in [1.29, 1.82) is 0 Å². The summed E-state index contributed by atoms with van der Waals surface area (Å²) in [6.45, 7) is 5.37. The van der Waals surface area contributed by atoms with Gasteiger partial charge in [-0.2, -0.15) is 5.10 Å². The Morgan fingerprint density at radius 3 is 2.89 bits per heavy atom. The molecule has 0 saturated carbocycles. The lowest BCUT2D eigenvalue weighted by atomic mass is 10.0. The molecular formula is C21H30N4O3. The molecular weight excluding hydrogens is 356 g/mol. The number of nitrogens with one attached hydrogen (secondary N) is 2. The van der Waals surface area contributed by atoms with E-state index in [0.29, 0.717) is 18.3 Å². The molecule has 1 aliphatic heterocycles. The topological polar surface area (TPSA) is 77.4 Å². The van der Waals surface area contributed by atoms with Crippen molar-refractivity contribution >= 4 is 11.8 Å². The zero-order valence-electron chi connectivity index (χ0n) is 16.9. The number of aromatic nitrogens is 2. The molecule has 1 saturated heterocycles. The largest absolute Gasteiger partial charge is 0.493 e. The van der Waals surface area contributed by atoms with E-state index in [2.05, 4.69) is 15.7 Å². The quantitative estimate of drug-likeness (QED) is 0.753. The highest BCUT2D eigenvalue weighted by Gasteiger charge is 2.15. The second kappa shape index (κ2) is 9.59. The Morgan fingerprint density at radius 1 is 1.36 bits per heavy atom. The van der Waals surface area contributed by atoms with Crippen LogP contribution < -0.4 is 15.4 Å². The third kappa shape index (κ3) is 5.48. The normalized spacial score (nSPS) is 16.8. The third-order valence-electron chi connectivity index (χ3n) is 4.80. The molecule has 0 spiro atoms. The summed E-state index contributed by atoms with van der Waals surface area (Å²) in [6, 6.07) is 8.08. The Balaban J connectivity index is 1.73. The number of carbonyl (C=O) groups is 1. The Hall–Kier alpha value is -2.54. The standard InChI is InChI=1S/C21H30N4O3/c1-15(2)28-21(26)24-17-7-8-20(18(14-17)19-9-12-23-25(19)3)27-13-10-16-6-4-5-11-22-16/h7-9,12,14-16,22H,4-6,10-11,13H2,1-3H3,(H,24,26). The van der Waals surface area contributed by atoms with E-state index in [0.717, 1.165) is 30.0 Å². The monoisotopic (exact) mass is 386 g/mol. The average molecular weight is 386 g/mol. The second-order valence-corrected chi connectivity index (χ2v) is 7.41. The predicted molar refractivity (Wildman–Crippen MR) is 110 cm³/mol. The zero-order chi connectivity index (χ0) is 19.9. The molecule has 0 radical (unpaired) electrons. The van der Waals surface area contributed by atoms with Crippen molar-refractivity contribution in [1.82, 2.24) is 15.1 Å². The maximum Gasteiger partial charge on any atom is 0.411 e. The van der Waals surface area contributed by atoms with Crippen LogP contribution in [0.2, 0.25) is 0 Å². The smallest absolute Gasteiger partial charge is 0.411 e. The molecule has 2 heterocycles. The van der Waals surface area contributed by atoms with Gasteiger partial charge < -0.3 is 14.8 Å². The van der Waals surface area contributed by atoms with Crippen LogP contribution in [-0.4, -0.2) is 41.2 Å². The molecule has 1 aliphatic rings. The SMILES string of the molecule is CC(C)OC(=O)Nc1ccc(OCCC2CCCCN2)c(-c2ccnn2C)c1. The molecule has 3 rings (SSSR count). The van der Waals surface area contributed by atoms with Crippen molar-refractivity contribution in [2.24, 2.45) is 7.05 Å². The number of amides is 1. The Morgan fingerprint density at radius 2 is 2.21 bits per heavy atom. The lowest BCUT2D eigenvalue weighted by molar-refractivity contribution is 0.130. The molecule has 28 heavy (non-hydrogen) atoms. The molecule has 1 unspecified atom stereocenters. The van der Waals surface area contributed by atoms with Crippen molar-refractivity contribution in [2.75, 3.05) is 18.5 Å². The van der Waals surface area contributed by atoms with Gasteiger partial charge in [-0.1, -0.05) is 6.42 Å². The maximum atomic E-state index is 11.9. The minimum atomic E-state index is -0.469. The number of hydrogen-bond donors (Lipinski definition) is 2. The third-order valence-corrected chi connectivity index (χ3v) is 4.80. The molecule has 1 aromatic heterocycles.